The summed E-state index contributed by atoms with van der Waals surface area (Å²) in [5.41, 5.74) is 2.57. The van der Waals surface area contributed by atoms with Crippen molar-refractivity contribution in [1.29, 1.82) is 0 Å². The molecular weight excluding hydrogens is 220 g/mol. The molecular formula is C13H19ClN2. The van der Waals surface area contributed by atoms with E-state index in [1.165, 1.54) is 11.1 Å². The first-order valence-electron chi connectivity index (χ1n) is 5.86. The number of benzene rings is 1. The van der Waals surface area contributed by atoms with E-state index in [1.807, 2.05) is 12.1 Å². The highest BCUT2D eigenvalue weighted by atomic mass is 35.5. The van der Waals surface area contributed by atoms with Crippen LogP contribution < -0.4 is 5.32 Å². The van der Waals surface area contributed by atoms with Crippen molar-refractivity contribution in [2.45, 2.75) is 26.4 Å². The quantitative estimate of drug-likeness (QED) is 0.852. The first-order chi connectivity index (χ1) is 7.66. The average molecular weight is 239 g/mol. The summed E-state index contributed by atoms with van der Waals surface area (Å²) in [7, 11) is 0. The fraction of sp³-hybridized carbons (Fsp3) is 0.538. The number of hydrogen-bond donors (Lipinski definition) is 1. The minimum atomic E-state index is 0.591. The van der Waals surface area contributed by atoms with E-state index < -0.39 is 0 Å². The number of nitrogens with one attached hydrogen (secondary N) is 1. The lowest BCUT2D eigenvalue weighted by Crippen LogP contribution is -2.48. The summed E-state index contributed by atoms with van der Waals surface area (Å²) in [6.45, 7) is 8.67. The van der Waals surface area contributed by atoms with Gasteiger partial charge in [-0.3, -0.25) is 4.90 Å². The Morgan fingerprint density at radius 1 is 1.50 bits per heavy atom. The normalized spacial score (nSPS) is 22.3. The van der Waals surface area contributed by atoms with Crippen molar-refractivity contribution in [3.63, 3.8) is 0 Å². The van der Waals surface area contributed by atoms with Gasteiger partial charge >= 0.3 is 0 Å². The molecule has 0 unspecified atom stereocenters. The maximum atomic E-state index is 6.13. The topological polar surface area (TPSA) is 15.3 Å². The molecule has 1 N–H and O–H groups in total. The van der Waals surface area contributed by atoms with Gasteiger partial charge < -0.3 is 5.32 Å². The van der Waals surface area contributed by atoms with E-state index in [9.17, 15) is 0 Å². The Morgan fingerprint density at radius 2 is 2.31 bits per heavy atom. The van der Waals surface area contributed by atoms with Gasteiger partial charge in [0.1, 0.15) is 0 Å². The second-order valence-electron chi connectivity index (χ2n) is 4.61. The average Bonchev–Trinajstić information content (AvgIpc) is 2.25. The molecule has 2 nitrogen and oxygen atoms in total. The van der Waals surface area contributed by atoms with Crippen LogP contribution in [0.15, 0.2) is 18.2 Å². The molecule has 1 aromatic rings. The maximum absolute atomic E-state index is 6.13. The number of piperazine rings is 1. The molecule has 1 saturated heterocycles. The maximum Gasteiger partial charge on any atom is 0.0438 e. The van der Waals surface area contributed by atoms with E-state index in [4.69, 9.17) is 11.6 Å². The summed E-state index contributed by atoms with van der Waals surface area (Å²) >= 11 is 6.13. The molecule has 0 saturated carbocycles. The highest BCUT2D eigenvalue weighted by molar-refractivity contribution is 6.31. The lowest BCUT2D eigenvalue weighted by Gasteiger charge is -2.32. The molecule has 0 radical (unpaired) electrons. The minimum absolute atomic E-state index is 0.591. The third kappa shape index (κ3) is 2.76. The molecule has 1 aliphatic rings. The zero-order valence-electron chi connectivity index (χ0n) is 9.96. The van der Waals surface area contributed by atoms with Gasteiger partial charge in [0.25, 0.3) is 0 Å². The summed E-state index contributed by atoms with van der Waals surface area (Å²) in [4.78, 5) is 2.49. The van der Waals surface area contributed by atoms with Crippen LogP contribution in [0.25, 0.3) is 0 Å². The summed E-state index contributed by atoms with van der Waals surface area (Å²) in [5.74, 6) is 0. The summed E-state index contributed by atoms with van der Waals surface area (Å²) in [6.07, 6.45) is 0. The van der Waals surface area contributed by atoms with Gasteiger partial charge in [-0.2, -0.15) is 0 Å². The van der Waals surface area contributed by atoms with E-state index in [1.54, 1.807) is 0 Å². The molecule has 1 atom stereocenters. The smallest absolute Gasteiger partial charge is 0.0438 e. The molecule has 2 rings (SSSR count). The van der Waals surface area contributed by atoms with Gasteiger partial charge in [-0.1, -0.05) is 23.7 Å². The summed E-state index contributed by atoms with van der Waals surface area (Å²) < 4.78 is 0. The minimum Gasteiger partial charge on any atom is -0.312 e. The van der Waals surface area contributed by atoms with Crippen LogP contribution >= 0.6 is 11.6 Å². The van der Waals surface area contributed by atoms with Crippen LogP contribution in [-0.2, 0) is 6.54 Å². The molecule has 0 aliphatic carbocycles. The van der Waals surface area contributed by atoms with Gasteiger partial charge in [0.05, 0.1) is 0 Å². The monoisotopic (exact) mass is 238 g/mol. The van der Waals surface area contributed by atoms with Crippen LogP contribution in [0.2, 0.25) is 5.02 Å². The molecule has 16 heavy (non-hydrogen) atoms. The van der Waals surface area contributed by atoms with Gasteiger partial charge in [0, 0.05) is 37.2 Å². The molecule has 88 valence electrons. The van der Waals surface area contributed by atoms with E-state index in [2.05, 4.69) is 30.1 Å². The van der Waals surface area contributed by atoms with Crippen LogP contribution in [0.4, 0.5) is 0 Å². The van der Waals surface area contributed by atoms with Crippen molar-refractivity contribution in [2.75, 3.05) is 19.6 Å². The molecule has 1 aliphatic heterocycles. The molecule has 0 spiro atoms. The molecule has 0 amide bonds. The van der Waals surface area contributed by atoms with Crippen LogP contribution in [0.5, 0.6) is 0 Å². The van der Waals surface area contributed by atoms with E-state index in [-0.39, 0.29) is 0 Å². The van der Waals surface area contributed by atoms with Crippen molar-refractivity contribution >= 4 is 11.6 Å². The van der Waals surface area contributed by atoms with Crippen molar-refractivity contribution < 1.29 is 0 Å². The molecule has 0 aromatic heterocycles. The van der Waals surface area contributed by atoms with Gasteiger partial charge in [0.15, 0.2) is 0 Å². The Kier molecular flexibility index (Phi) is 3.85. The van der Waals surface area contributed by atoms with E-state index >= 15 is 0 Å². The lowest BCUT2D eigenvalue weighted by molar-refractivity contribution is 0.199. The van der Waals surface area contributed by atoms with Gasteiger partial charge in [-0.15, -0.1) is 0 Å². The van der Waals surface area contributed by atoms with Crippen molar-refractivity contribution in [1.82, 2.24) is 10.2 Å². The van der Waals surface area contributed by atoms with Crippen molar-refractivity contribution in [2.24, 2.45) is 0 Å². The Hall–Kier alpha value is -0.570. The fourth-order valence-electron chi connectivity index (χ4n) is 2.22. The van der Waals surface area contributed by atoms with Gasteiger partial charge in [-0.25, -0.2) is 0 Å². The second-order valence-corrected chi connectivity index (χ2v) is 5.02. The number of halogens is 1. The molecule has 3 heteroatoms. The Balaban J connectivity index is 2.05. The predicted octanol–water partition coefficient (Wildman–Crippen LogP) is 2.44. The van der Waals surface area contributed by atoms with Crippen LogP contribution in [0.3, 0.4) is 0 Å². The third-order valence-electron chi connectivity index (χ3n) is 3.23. The van der Waals surface area contributed by atoms with Crippen molar-refractivity contribution in [3.05, 3.63) is 34.3 Å². The standard InChI is InChI=1S/C13H19ClN2/c1-10-8-16(7-6-15-10)9-12-4-3-5-13(14)11(12)2/h3-5,10,15H,6-9H2,1-2H3/t10-/m1/s1. The first-order valence-corrected chi connectivity index (χ1v) is 6.24. The molecule has 1 aromatic carbocycles. The van der Waals surface area contributed by atoms with E-state index in [0.717, 1.165) is 31.2 Å². The molecule has 1 heterocycles. The Labute approximate surface area is 103 Å². The fourth-order valence-corrected chi connectivity index (χ4v) is 2.41. The number of hydrogen-bond acceptors (Lipinski definition) is 2. The second kappa shape index (κ2) is 5.17. The largest absolute Gasteiger partial charge is 0.312 e. The van der Waals surface area contributed by atoms with E-state index in [0.29, 0.717) is 6.04 Å². The van der Waals surface area contributed by atoms with Crippen LogP contribution in [0, 0.1) is 6.92 Å². The van der Waals surface area contributed by atoms with Crippen LogP contribution in [0.1, 0.15) is 18.1 Å². The third-order valence-corrected chi connectivity index (χ3v) is 3.64. The summed E-state index contributed by atoms with van der Waals surface area (Å²) in [6, 6.07) is 6.76. The number of nitrogens with zero attached hydrogens (tertiary/aromatic N) is 1. The summed E-state index contributed by atoms with van der Waals surface area (Å²) in [5, 5.41) is 4.33. The number of rotatable bonds is 2. The Morgan fingerprint density at radius 3 is 3.06 bits per heavy atom. The first kappa shape index (κ1) is 11.9. The van der Waals surface area contributed by atoms with Crippen LogP contribution in [-0.4, -0.2) is 30.6 Å². The SMILES string of the molecule is Cc1c(Cl)cccc1CN1CCN[C@H](C)C1. The Bertz CT molecular complexity index is 365. The highest BCUT2D eigenvalue weighted by Crippen LogP contribution is 2.20. The lowest BCUT2D eigenvalue weighted by atomic mass is 10.1. The molecule has 1 fully saturated rings. The highest BCUT2D eigenvalue weighted by Gasteiger charge is 2.16. The zero-order valence-corrected chi connectivity index (χ0v) is 10.7. The van der Waals surface area contributed by atoms with Gasteiger partial charge in [-0.05, 0) is 31.0 Å². The predicted molar refractivity (Wildman–Crippen MR) is 68.9 cm³/mol. The molecule has 0 bridgehead atoms. The van der Waals surface area contributed by atoms with Gasteiger partial charge in [0.2, 0.25) is 0 Å². The van der Waals surface area contributed by atoms with Crippen molar-refractivity contribution in [3.8, 4) is 0 Å². The zero-order chi connectivity index (χ0) is 11.5.